The number of aliphatic hydroxyl groups excluding tert-OH is 2. The van der Waals surface area contributed by atoms with Gasteiger partial charge >= 0.3 is 5.97 Å². The zero-order valence-electron chi connectivity index (χ0n) is 58.8. The zero-order valence-corrected chi connectivity index (χ0v) is 58.8. The van der Waals surface area contributed by atoms with Crippen LogP contribution in [0.25, 0.3) is 0 Å². The summed E-state index contributed by atoms with van der Waals surface area (Å²) in [7, 11) is 0. The molecular weight excluding hydrogens is 1070 g/mol. The number of unbranched alkanes of at least 4 members (excludes halogenated alkanes) is 55. The van der Waals surface area contributed by atoms with E-state index in [1.54, 1.807) is 0 Å². The average molecular weight is 1220 g/mol. The lowest BCUT2D eigenvalue weighted by molar-refractivity contribution is -0.143. The van der Waals surface area contributed by atoms with Crippen LogP contribution in [0.2, 0.25) is 0 Å². The van der Waals surface area contributed by atoms with E-state index >= 15 is 0 Å². The SMILES string of the molecule is CCCCC/C=C\C/C=C\CCCCCCCCCC(=O)OCCCCCCCCCCCCCCC/C=C\C/C=C\CCCCCCCCCCCCCCCCCCCC(=O)NC(CO)C(O)CCCCCCCCCCCCCCCCCC. The van der Waals surface area contributed by atoms with Gasteiger partial charge in [-0.1, -0.05) is 377 Å². The predicted octanol–water partition coefficient (Wildman–Crippen LogP) is 26.0. The highest BCUT2D eigenvalue weighted by Crippen LogP contribution is 2.19. The maximum Gasteiger partial charge on any atom is 0.305 e. The number of amides is 1. The number of nitrogens with one attached hydrogen (secondary N) is 1. The molecule has 0 rings (SSSR count). The zero-order chi connectivity index (χ0) is 62.8. The number of rotatable bonds is 74. The molecule has 0 aliphatic carbocycles. The van der Waals surface area contributed by atoms with Gasteiger partial charge in [-0.2, -0.15) is 0 Å². The van der Waals surface area contributed by atoms with Gasteiger partial charge in [0.2, 0.25) is 5.91 Å². The van der Waals surface area contributed by atoms with Crippen LogP contribution >= 0.6 is 0 Å². The molecule has 512 valence electrons. The Hall–Kier alpha value is -2.18. The number of aliphatic hydroxyl groups is 2. The third kappa shape index (κ3) is 72.8. The van der Waals surface area contributed by atoms with Crippen molar-refractivity contribution in [1.82, 2.24) is 5.32 Å². The van der Waals surface area contributed by atoms with Crippen molar-refractivity contribution >= 4 is 11.9 Å². The van der Waals surface area contributed by atoms with Crippen molar-refractivity contribution in [2.24, 2.45) is 0 Å². The van der Waals surface area contributed by atoms with Crippen LogP contribution in [0.1, 0.15) is 431 Å². The van der Waals surface area contributed by atoms with E-state index in [1.165, 1.54) is 340 Å². The molecular formula is C81H153NO5. The molecule has 6 nitrogen and oxygen atoms in total. The predicted molar refractivity (Wildman–Crippen MR) is 384 cm³/mol. The second-order valence-electron chi connectivity index (χ2n) is 27.0. The molecule has 1 amide bonds. The molecule has 0 aliphatic rings. The van der Waals surface area contributed by atoms with Gasteiger partial charge in [-0.05, 0) is 89.9 Å². The normalized spacial score (nSPS) is 12.7. The molecule has 0 spiro atoms. The van der Waals surface area contributed by atoms with E-state index < -0.39 is 12.1 Å². The number of hydrogen-bond acceptors (Lipinski definition) is 5. The highest BCUT2D eigenvalue weighted by Gasteiger charge is 2.20. The van der Waals surface area contributed by atoms with Gasteiger partial charge < -0.3 is 20.3 Å². The Bertz CT molecular complexity index is 1450. The molecule has 2 unspecified atom stereocenters. The van der Waals surface area contributed by atoms with Crippen LogP contribution < -0.4 is 5.32 Å². The van der Waals surface area contributed by atoms with Gasteiger partial charge in [0.25, 0.3) is 0 Å². The van der Waals surface area contributed by atoms with Crippen LogP contribution in [0.5, 0.6) is 0 Å². The number of ether oxygens (including phenoxy) is 1. The largest absolute Gasteiger partial charge is 0.466 e. The van der Waals surface area contributed by atoms with Gasteiger partial charge in [0.15, 0.2) is 0 Å². The first-order valence-corrected chi connectivity index (χ1v) is 39.4. The molecule has 0 fully saturated rings. The summed E-state index contributed by atoms with van der Waals surface area (Å²) in [6, 6.07) is -0.540. The maximum atomic E-state index is 12.5. The topological polar surface area (TPSA) is 95.9 Å². The fourth-order valence-electron chi connectivity index (χ4n) is 12.4. The fraction of sp³-hybridized carbons (Fsp3) is 0.877. The first-order valence-electron chi connectivity index (χ1n) is 39.4. The lowest BCUT2D eigenvalue weighted by Gasteiger charge is -2.22. The summed E-state index contributed by atoms with van der Waals surface area (Å²) in [6.07, 6.45) is 101. The van der Waals surface area contributed by atoms with Crippen LogP contribution in [0, 0.1) is 0 Å². The average Bonchev–Trinajstić information content (AvgIpc) is 3.52. The van der Waals surface area contributed by atoms with Crippen molar-refractivity contribution in [2.45, 2.75) is 443 Å². The minimum absolute atomic E-state index is 0.0113. The van der Waals surface area contributed by atoms with Crippen LogP contribution in [-0.2, 0) is 14.3 Å². The summed E-state index contributed by atoms with van der Waals surface area (Å²) in [5, 5.41) is 23.4. The summed E-state index contributed by atoms with van der Waals surface area (Å²) in [5.74, 6) is -0.0176. The lowest BCUT2D eigenvalue weighted by atomic mass is 10.0. The smallest absolute Gasteiger partial charge is 0.305 e. The lowest BCUT2D eigenvalue weighted by Crippen LogP contribution is -2.45. The van der Waals surface area contributed by atoms with Gasteiger partial charge in [-0.25, -0.2) is 0 Å². The van der Waals surface area contributed by atoms with E-state index in [-0.39, 0.29) is 18.5 Å². The summed E-state index contributed by atoms with van der Waals surface area (Å²) in [5.41, 5.74) is 0. The number of carbonyl (C=O) groups is 2. The molecule has 3 N–H and O–H groups in total. The Kier molecular flexibility index (Phi) is 74.4. The van der Waals surface area contributed by atoms with E-state index in [4.69, 9.17) is 4.74 Å². The van der Waals surface area contributed by atoms with Gasteiger partial charge in [0.05, 0.1) is 25.4 Å². The Balaban J connectivity index is 3.36. The van der Waals surface area contributed by atoms with Crippen molar-refractivity contribution in [3.63, 3.8) is 0 Å². The Labute approximate surface area is 544 Å². The number of esters is 1. The number of carbonyl (C=O) groups excluding carboxylic acids is 2. The minimum Gasteiger partial charge on any atom is -0.466 e. The van der Waals surface area contributed by atoms with E-state index in [1.807, 2.05) is 0 Å². The summed E-state index contributed by atoms with van der Waals surface area (Å²) in [6.45, 7) is 4.96. The van der Waals surface area contributed by atoms with Crippen molar-refractivity contribution in [3.8, 4) is 0 Å². The Morgan fingerprint density at radius 2 is 0.575 bits per heavy atom. The van der Waals surface area contributed by atoms with Crippen LogP contribution in [0.4, 0.5) is 0 Å². The molecule has 0 aromatic heterocycles. The van der Waals surface area contributed by atoms with E-state index in [0.29, 0.717) is 25.9 Å². The summed E-state index contributed by atoms with van der Waals surface area (Å²) in [4.78, 5) is 24.6. The van der Waals surface area contributed by atoms with Gasteiger partial charge in [-0.3, -0.25) is 9.59 Å². The maximum absolute atomic E-state index is 12.5. The highest BCUT2D eigenvalue weighted by atomic mass is 16.5. The van der Waals surface area contributed by atoms with Crippen LogP contribution in [0.15, 0.2) is 48.6 Å². The summed E-state index contributed by atoms with van der Waals surface area (Å²) >= 11 is 0. The third-order valence-corrected chi connectivity index (χ3v) is 18.4. The van der Waals surface area contributed by atoms with Gasteiger partial charge in [0.1, 0.15) is 0 Å². The van der Waals surface area contributed by atoms with Crippen LogP contribution in [0.3, 0.4) is 0 Å². The first-order chi connectivity index (χ1) is 43.0. The van der Waals surface area contributed by atoms with Crippen molar-refractivity contribution < 1.29 is 24.5 Å². The van der Waals surface area contributed by atoms with Crippen molar-refractivity contribution in [2.75, 3.05) is 13.2 Å². The summed E-state index contributed by atoms with van der Waals surface area (Å²) < 4.78 is 5.50. The van der Waals surface area contributed by atoms with Crippen molar-refractivity contribution in [3.05, 3.63) is 48.6 Å². The second-order valence-corrected chi connectivity index (χ2v) is 27.0. The van der Waals surface area contributed by atoms with Crippen molar-refractivity contribution in [1.29, 1.82) is 0 Å². The first kappa shape index (κ1) is 84.8. The molecule has 0 aromatic carbocycles. The third-order valence-electron chi connectivity index (χ3n) is 18.4. The van der Waals surface area contributed by atoms with E-state index in [0.717, 1.165) is 57.8 Å². The van der Waals surface area contributed by atoms with Gasteiger partial charge in [-0.15, -0.1) is 0 Å². The van der Waals surface area contributed by atoms with Gasteiger partial charge in [0, 0.05) is 12.8 Å². The monoisotopic (exact) mass is 1220 g/mol. The molecule has 6 heteroatoms. The Morgan fingerprint density at radius 1 is 0.322 bits per heavy atom. The molecule has 0 radical (unpaired) electrons. The quantitative estimate of drug-likeness (QED) is 0.0320. The minimum atomic E-state index is -0.663. The standard InChI is InChI=1S/C81H153NO5/c1-3-5-7-9-11-13-15-17-19-42-47-51-55-59-63-67-71-75-81(86)87-76-72-68-64-60-56-52-48-44-41-39-37-35-33-31-29-27-25-23-21-22-24-26-28-30-32-34-36-38-40-43-46-50-54-58-62-66-70-74-80(85)82-78(77-83)79(84)73-69-65-61-57-53-49-45-20-18-16-14-12-10-8-6-4-2/h11,13,17,19,21,23,27,29,78-79,83-84H,3-10,12,14-16,18,20,22,24-26,28,30-77H2,1-2H3,(H,82,85)/b13-11-,19-17-,23-21-,29-27-. The molecule has 87 heavy (non-hydrogen) atoms. The number of allylic oxidation sites excluding steroid dienone is 8. The molecule has 0 heterocycles. The molecule has 0 aromatic rings. The molecule has 2 atom stereocenters. The van der Waals surface area contributed by atoms with Crippen LogP contribution in [-0.4, -0.2) is 47.4 Å². The fourth-order valence-corrected chi connectivity index (χ4v) is 12.4. The van der Waals surface area contributed by atoms with E-state index in [9.17, 15) is 19.8 Å². The molecule has 0 saturated heterocycles. The van der Waals surface area contributed by atoms with E-state index in [2.05, 4.69) is 67.8 Å². The molecule has 0 aliphatic heterocycles. The molecule has 0 bridgehead atoms. The highest BCUT2D eigenvalue weighted by molar-refractivity contribution is 5.76. The number of hydrogen-bond donors (Lipinski definition) is 3. The second kappa shape index (κ2) is 76.3. The Morgan fingerprint density at radius 3 is 0.897 bits per heavy atom. The molecule has 0 saturated carbocycles.